The number of carbonyl (C=O) groups is 1. The van der Waals surface area contributed by atoms with Crippen molar-refractivity contribution in [2.24, 2.45) is 0 Å². The zero-order valence-electron chi connectivity index (χ0n) is 9.83. The molecule has 0 saturated carbocycles. The maximum atomic E-state index is 11.7. The Bertz CT molecular complexity index is 442. The highest BCUT2D eigenvalue weighted by molar-refractivity contribution is 9.10. The molecule has 5 heteroatoms. The summed E-state index contributed by atoms with van der Waals surface area (Å²) >= 11 is 3.29. The smallest absolute Gasteiger partial charge is 0.357 e. The van der Waals surface area contributed by atoms with Crippen molar-refractivity contribution in [1.29, 1.82) is 0 Å². The second-order valence-corrected chi connectivity index (χ2v) is 4.83. The normalized spacial score (nSPS) is 19.4. The van der Waals surface area contributed by atoms with Crippen molar-refractivity contribution in [3.63, 3.8) is 0 Å². The summed E-state index contributed by atoms with van der Waals surface area (Å²) in [5, 5.41) is 0. The fourth-order valence-electron chi connectivity index (χ4n) is 2.11. The van der Waals surface area contributed by atoms with Crippen LogP contribution in [-0.4, -0.2) is 24.7 Å². The van der Waals surface area contributed by atoms with E-state index in [0.29, 0.717) is 10.3 Å². The topological polar surface area (TPSA) is 48.4 Å². The van der Waals surface area contributed by atoms with Crippen LogP contribution in [0.3, 0.4) is 0 Å². The molecule has 1 saturated heterocycles. The number of carbonyl (C=O) groups excluding carboxylic acids is 1. The molecule has 0 spiro atoms. The maximum Gasteiger partial charge on any atom is 0.357 e. The van der Waals surface area contributed by atoms with Crippen LogP contribution in [0.15, 0.2) is 10.7 Å². The van der Waals surface area contributed by atoms with E-state index in [2.05, 4.69) is 20.9 Å². The number of methoxy groups -OCH3 is 1. The van der Waals surface area contributed by atoms with Crippen molar-refractivity contribution in [3.8, 4) is 0 Å². The van der Waals surface area contributed by atoms with E-state index in [1.807, 2.05) is 13.0 Å². The summed E-state index contributed by atoms with van der Waals surface area (Å²) in [6.07, 6.45) is 1.90. The van der Waals surface area contributed by atoms with Crippen molar-refractivity contribution < 1.29 is 14.3 Å². The van der Waals surface area contributed by atoms with Crippen LogP contribution in [0.4, 0.5) is 0 Å². The highest BCUT2D eigenvalue weighted by Crippen LogP contribution is 2.33. The predicted molar refractivity (Wildman–Crippen MR) is 65.9 cm³/mol. The van der Waals surface area contributed by atoms with Gasteiger partial charge in [0.2, 0.25) is 0 Å². The molecule has 0 radical (unpaired) electrons. The molecule has 0 aliphatic carbocycles. The molecule has 2 heterocycles. The first kappa shape index (κ1) is 12.5. The number of aryl methyl sites for hydroxylation is 1. The quantitative estimate of drug-likeness (QED) is 0.622. The Balaban J connectivity index is 2.50. The Kier molecular flexibility index (Phi) is 3.79. The molecule has 1 aromatic rings. The minimum atomic E-state index is -0.417. The molecule has 0 amide bonds. The summed E-state index contributed by atoms with van der Waals surface area (Å²) < 4.78 is 11.0. The molecule has 1 unspecified atom stereocenters. The van der Waals surface area contributed by atoms with Gasteiger partial charge in [-0.3, -0.25) is 0 Å². The van der Waals surface area contributed by atoms with Gasteiger partial charge in [0, 0.05) is 12.2 Å². The molecule has 0 N–H and O–H groups in total. The van der Waals surface area contributed by atoms with Crippen LogP contribution < -0.4 is 0 Å². The summed E-state index contributed by atoms with van der Waals surface area (Å²) in [6, 6.07) is 1.89. The van der Waals surface area contributed by atoms with E-state index in [9.17, 15) is 4.79 Å². The number of hydrogen-bond donors (Lipinski definition) is 0. The number of nitrogens with zero attached hydrogens (tertiary/aromatic N) is 1. The lowest BCUT2D eigenvalue weighted by atomic mass is 10.00. The van der Waals surface area contributed by atoms with E-state index in [4.69, 9.17) is 9.47 Å². The fourth-order valence-corrected chi connectivity index (χ4v) is 2.63. The number of halogens is 1. The summed E-state index contributed by atoms with van der Waals surface area (Å²) in [5.41, 5.74) is 2.21. The average Bonchev–Trinajstić information content (AvgIpc) is 2.80. The molecule has 0 bridgehead atoms. The van der Waals surface area contributed by atoms with Gasteiger partial charge in [-0.15, -0.1) is 0 Å². The lowest BCUT2D eigenvalue weighted by Crippen LogP contribution is -2.13. The second kappa shape index (κ2) is 5.14. The number of aromatic nitrogens is 1. The van der Waals surface area contributed by atoms with E-state index >= 15 is 0 Å². The second-order valence-electron chi connectivity index (χ2n) is 4.02. The third-order valence-electron chi connectivity index (χ3n) is 2.86. The molecular weight excluding hydrogens is 286 g/mol. The summed E-state index contributed by atoms with van der Waals surface area (Å²) in [4.78, 5) is 15.9. The number of rotatable bonds is 2. The predicted octanol–water partition coefficient (Wildman–Crippen LogP) is 2.79. The van der Waals surface area contributed by atoms with E-state index in [1.165, 1.54) is 7.11 Å². The minimum absolute atomic E-state index is 0.0373. The van der Waals surface area contributed by atoms with Gasteiger partial charge >= 0.3 is 5.97 Å². The van der Waals surface area contributed by atoms with Gasteiger partial charge < -0.3 is 9.47 Å². The molecule has 1 fully saturated rings. The molecule has 1 aromatic heterocycles. The van der Waals surface area contributed by atoms with Gasteiger partial charge in [0.1, 0.15) is 4.60 Å². The Morgan fingerprint density at radius 3 is 3.00 bits per heavy atom. The number of esters is 1. The Morgan fingerprint density at radius 2 is 2.41 bits per heavy atom. The first-order valence-electron chi connectivity index (χ1n) is 5.50. The van der Waals surface area contributed by atoms with E-state index in [1.54, 1.807) is 0 Å². The molecule has 1 aliphatic heterocycles. The van der Waals surface area contributed by atoms with Gasteiger partial charge in [-0.1, -0.05) is 0 Å². The van der Waals surface area contributed by atoms with Gasteiger partial charge in [-0.2, -0.15) is 0 Å². The molecule has 0 aromatic carbocycles. The molecule has 4 nitrogen and oxygen atoms in total. The highest BCUT2D eigenvalue weighted by Gasteiger charge is 2.27. The third-order valence-corrected chi connectivity index (χ3v) is 3.27. The number of ether oxygens (including phenoxy) is 2. The largest absolute Gasteiger partial charge is 0.464 e. The highest BCUT2D eigenvalue weighted by atomic mass is 79.9. The number of hydrogen-bond acceptors (Lipinski definition) is 4. The standard InChI is InChI=1S/C12H14BrNO3/c1-7-6-9(13)14-11(12(15)16-2)10(7)8-4-3-5-17-8/h6,8H,3-5H2,1-2H3. The molecule has 1 atom stereocenters. The molecule has 2 rings (SSSR count). The van der Waals surface area contributed by atoms with Crippen molar-refractivity contribution in [1.82, 2.24) is 4.98 Å². The van der Waals surface area contributed by atoms with Gasteiger partial charge in [0.25, 0.3) is 0 Å². The van der Waals surface area contributed by atoms with E-state index < -0.39 is 5.97 Å². The van der Waals surface area contributed by atoms with Gasteiger partial charge in [0.05, 0.1) is 13.2 Å². The lowest BCUT2D eigenvalue weighted by molar-refractivity contribution is 0.0579. The Hall–Kier alpha value is -0.940. The summed E-state index contributed by atoms with van der Waals surface area (Å²) in [6.45, 7) is 2.69. The van der Waals surface area contributed by atoms with Crippen LogP contribution in [0.5, 0.6) is 0 Å². The Morgan fingerprint density at radius 1 is 1.65 bits per heavy atom. The maximum absolute atomic E-state index is 11.7. The molecule has 17 heavy (non-hydrogen) atoms. The third kappa shape index (κ3) is 2.50. The lowest BCUT2D eigenvalue weighted by Gasteiger charge is -2.16. The Labute approximate surface area is 108 Å². The zero-order chi connectivity index (χ0) is 12.4. The SMILES string of the molecule is COC(=O)c1nc(Br)cc(C)c1C1CCCO1. The molecular formula is C12H14BrNO3. The van der Waals surface area contributed by atoms with Crippen LogP contribution >= 0.6 is 15.9 Å². The van der Waals surface area contributed by atoms with Crippen molar-refractivity contribution in [3.05, 3.63) is 27.5 Å². The van der Waals surface area contributed by atoms with Gasteiger partial charge in [0.15, 0.2) is 5.69 Å². The summed E-state index contributed by atoms with van der Waals surface area (Å²) in [5.74, 6) is -0.417. The summed E-state index contributed by atoms with van der Waals surface area (Å²) in [7, 11) is 1.36. The molecule has 1 aliphatic rings. The van der Waals surface area contributed by atoms with Crippen molar-refractivity contribution in [2.45, 2.75) is 25.9 Å². The van der Waals surface area contributed by atoms with E-state index in [-0.39, 0.29) is 6.10 Å². The van der Waals surface area contributed by atoms with E-state index in [0.717, 1.165) is 30.6 Å². The van der Waals surface area contributed by atoms with Crippen LogP contribution in [0.1, 0.15) is 40.6 Å². The van der Waals surface area contributed by atoms with Crippen molar-refractivity contribution >= 4 is 21.9 Å². The van der Waals surface area contributed by atoms with Crippen molar-refractivity contribution in [2.75, 3.05) is 13.7 Å². The zero-order valence-corrected chi connectivity index (χ0v) is 11.4. The van der Waals surface area contributed by atoms with Gasteiger partial charge in [-0.05, 0) is 47.3 Å². The van der Waals surface area contributed by atoms with Gasteiger partial charge in [-0.25, -0.2) is 9.78 Å². The average molecular weight is 300 g/mol. The van der Waals surface area contributed by atoms with Crippen LogP contribution in [0, 0.1) is 6.92 Å². The monoisotopic (exact) mass is 299 g/mol. The molecule has 92 valence electrons. The van der Waals surface area contributed by atoms with Crippen LogP contribution in [0.2, 0.25) is 0 Å². The fraction of sp³-hybridized carbons (Fsp3) is 0.500. The number of pyridine rings is 1. The minimum Gasteiger partial charge on any atom is -0.464 e. The van der Waals surface area contributed by atoms with Crippen LogP contribution in [0.25, 0.3) is 0 Å². The first-order valence-corrected chi connectivity index (χ1v) is 6.29. The van der Waals surface area contributed by atoms with Crippen LogP contribution in [-0.2, 0) is 9.47 Å². The first-order chi connectivity index (χ1) is 8.13.